The molecule has 1 aliphatic rings. The van der Waals surface area contributed by atoms with Crippen LogP contribution in [0.1, 0.15) is 111 Å². The van der Waals surface area contributed by atoms with Crippen LogP contribution in [-0.2, 0) is 28.7 Å². The SMILES string of the molecule is CCCCC(C(=O)N1CCCCC1)c1ccc(OC(=O)[C@H](CC(C)C)C[C@](C)(C[C@@H](C(=O)OCCO)C(C)C)C(=O)OC)cc1. The van der Waals surface area contributed by atoms with Crippen molar-refractivity contribution < 1.29 is 38.5 Å². The molecule has 1 unspecified atom stereocenters. The van der Waals surface area contributed by atoms with Gasteiger partial charge in [0, 0.05) is 13.1 Å². The summed E-state index contributed by atoms with van der Waals surface area (Å²) in [6.07, 6.45) is 6.72. The first-order valence-electron chi connectivity index (χ1n) is 16.8. The molecule has 1 heterocycles. The highest BCUT2D eigenvalue weighted by atomic mass is 16.5. The summed E-state index contributed by atoms with van der Waals surface area (Å²) in [4.78, 5) is 55.1. The first kappa shape index (κ1) is 38.2. The van der Waals surface area contributed by atoms with Gasteiger partial charge < -0.3 is 24.2 Å². The Kier molecular flexibility index (Phi) is 16.1. The molecule has 0 spiro atoms. The van der Waals surface area contributed by atoms with Crippen molar-refractivity contribution in [1.29, 1.82) is 0 Å². The van der Waals surface area contributed by atoms with Crippen molar-refractivity contribution in [1.82, 2.24) is 4.90 Å². The second kappa shape index (κ2) is 18.9. The predicted octanol–water partition coefficient (Wildman–Crippen LogP) is 6.31. The molecule has 4 atom stereocenters. The van der Waals surface area contributed by atoms with Crippen LogP contribution in [0.25, 0.3) is 0 Å². The summed E-state index contributed by atoms with van der Waals surface area (Å²) in [5.74, 6) is -2.39. The van der Waals surface area contributed by atoms with Crippen LogP contribution in [0.5, 0.6) is 5.75 Å². The third kappa shape index (κ3) is 11.7. The van der Waals surface area contributed by atoms with Gasteiger partial charge >= 0.3 is 17.9 Å². The molecule has 0 radical (unpaired) electrons. The summed E-state index contributed by atoms with van der Waals surface area (Å²) < 4.78 is 16.3. The maximum Gasteiger partial charge on any atom is 0.314 e. The summed E-state index contributed by atoms with van der Waals surface area (Å²) in [5.41, 5.74) is -0.241. The highest BCUT2D eigenvalue weighted by Gasteiger charge is 2.44. The number of hydrogen-bond acceptors (Lipinski definition) is 8. The van der Waals surface area contributed by atoms with Gasteiger partial charge in [-0.1, -0.05) is 59.6 Å². The smallest absolute Gasteiger partial charge is 0.314 e. The zero-order valence-electron chi connectivity index (χ0n) is 28.6. The molecule has 0 bridgehead atoms. The number of ether oxygens (including phenoxy) is 3. The van der Waals surface area contributed by atoms with Gasteiger partial charge in [0.15, 0.2) is 0 Å². The molecule has 9 heteroatoms. The Hall–Kier alpha value is -2.94. The van der Waals surface area contributed by atoms with E-state index in [4.69, 9.17) is 19.3 Å². The molecule has 9 nitrogen and oxygen atoms in total. The summed E-state index contributed by atoms with van der Waals surface area (Å²) in [5, 5.41) is 9.11. The molecule has 45 heavy (non-hydrogen) atoms. The number of carbonyl (C=O) groups excluding carboxylic acids is 4. The number of benzene rings is 1. The van der Waals surface area contributed by atoms with Gasteiger partial charge in [-0.25, -0.2) is 0 Å². The van der Waals surface area contributed by atoms with Crippen molar-refractivity contribution in [3.63, 3.8) is 0 Å². The number of likely N-dealkylation sites (tertiary alicyclic amines) is 1. The lowest BCUT2D eigenvalue weighted by atomic mass is 9.71. The fourth-order valence-corrected chi connectivity index (χ4v) is 6.35. The first-order chi connectivity index (χ1) is 21.4. The zero-order chi connectivity index (χ0) is 33.6. The number of carbonyl (C=O) groups is 4. The monoisotopic (exact) mass is 631 g/mol. The molecule has 1 saturated heterocycles. The molecular formula is C36H57NO8. The first-order valence-corrected chi connectivity index (χ1v) is 16.8. The van der Waals surface area contributed by atoms with Crippen LogP contribution in [0.15, 0.2) is 24.3 Å². The number of hydrogen-bond donors (Lipinski definition) is 1. The van der Waals surface area contributed by atoms with E-state index < -0.39 is 35.2 Å². The van der Waals surface area contributed by atoms with E-state index in [0.717, 1.165) is 57.2 Å². The third-order valence-electron chi connectivity index (χ3n) is 8.89. The van der Waals surface area contributed by atoms with E-state index in [1.807, 2.05) is 44.7 Å². The summed E-state index contributed by atoms with van der Waals surface area (Å²) >= 11 is 0. The van der Waals surface area contributed by atoms with Gasteiger partial charge in [-0.15, -0.1) is 0 Å². The number of aliphatic hydroxyl groups excluding tert-OH is 1. The lowest BCUT2D eigenvalue weighted by Crippen LogP contribution is -2.39. The van der Waals surface area contributed by atoms with E-state index in [0.29, 0.717) is 12.2 Å². The molecule has 0 aliphatic carbocycles. The molecule has 1 aliphatic heterocycles. The van der Waals surface area contributed by atoms with Crippen molar-refractivity contribution in [2.24, 2.45) is 29.1 Å². The van der Waals surface area contributed by atoms with Crippen LogP contribution in [0, 0.1) is 29.1 Å². The molecule has 2 rings (SSSR count). The number of aliphatic hydroxyl groups is 1. The maximum atomic E-state index is 13.7. The van der Waals surface area contributed by atoms with Crippen molar-refractivity contribution in [2.75, 3.05) is 33.4 Å². The Labute approximate surface area is 270 Å². The largest absolute Gasteiger partial charge is 0.469 e. The molecule has 1 fully saturated rings. The summed E-state index contributed by atoms with van der Waals surface area (Å²) in [6.45, 7) is 12.8. The zero-order valence-corrected chi connectivity index (χ0v) is 28.6. The van der Waals surface area contributed by atoms with E-state index in [1.54, 1.807) is 19.1 Å². The van der Waals surface area contributed by atoms with Crippen LogP contribution < -0.4 is 4.74 Å². The molecule has 0 saturated carbocycles. The van der Waals surface area contributed by atoms with Crippen LogP contribution in [0.2, 0.25) is 0 Å². The average Bonchev–Trinajstić information content (AvgIpc) is 3.02. The average molecular weight is 632 g/mol. The Balaban J connectivity index is 2.27. The van der Waals surface area contributed by atoms with Gasteiger partial charge in [-0.05, 0) is 81.4 Å². The number of unbranched alkanes of at least 4 members (excludes halogenated alkanes) is 1. The highest BCUT2D eigenvalue weighted by Crippen LogP contribution is 2.40. The van der Waals surface area contributed by atoms with Gasteiger partial charge in [0.1, 0.15) is 12.4 Å². The summed E-state index contributed by atoms with van der Waals surface area (Å²) in [7, 11) is 1.30. The van der Waals surface area contributed by atoms with Crippen LogP contribution in [0.4, 0.5) is 0 Å². The molecule has 254 valence electrons. The molecule has 1 aromatic carbocycles. The van der Waals surface area contributed by atoms with Crippen LogP contribution in [0.3, 0.4) is 0 Å². The number of piperidine rings is 1. The van der Waals surface area contributed by atoms with Gasteiger partial charge in [-0.3, -0.25) is 19.2 Å². The second-order valence-corrected chi connectivity index (χ2v) is 13.6. The highest BCUT2D eigenvalue weighted by molar-refractivity contribution is 5.84. The third-order valence-corrected chi connectivity index (χ3v) is 8.89. The van der Waals surface area contributed by atoms with E-state index in [-0.39, 0.29) is 49.7 Å². The minimum atomic E-state index is -1.16. The van der Waals surface area contributed by atoms with Crippen molar-refractivity contribution in [3.05, 3.63) is 29.8 Å². The number of esters is 3. The number of methoxy groups -OCH3 is 1. The molecule has 1 amide bonds. The minimum Gasteiger partial charge on any atom is -0.469 e. The van der Waals surface area contributed by atoms with E-state index in [1.165, 1.54) is 7.11 Å². The number of nitrogens with zero attached hydrogens (tertiary/aromatic N) is 1. The van der Waals surface area contributed by atoms with Gasteiger partial charge in [0.2, 0.25) is 5.91 Å². The number of rotatable bonds is 18. The van der Waals surface area contributed by atoms with E-state index >= 15 is 0 Å². The van der Waals surface area contributed by atoms with E-state index in [2.05, 4.69) is 6.92 Å². The number of amides is 1. The fraction of sp³-hybridized carbons (Fsp3) is 0.722. The normalized spacial score (nSPS) is 16.9. The Morgan fingerprint density at radius 1 is 0.956 bits per heavy atom. The Morgan fingerprint density at radius 2 is 1.60 bits per heavy atom. The fourth-order valence-electron chi connectivity index (χ4n) is 6.35. The van der Waals surface area contributed by atoms with Crippen molar-refractivity contribution >= 4 is 23.8 Å². The quantitative estimate of drug-likeness (QED) is 0.148. The van der Waals surface area contributed by atoms with Crippen molar-refractivity contribution in [3.8, 4) is 5.75 Å². The molecular weight excluding hydrogens is 574 g/mol. The van der Waals surface area contributed by atoms with Gasteiger partial charge in [0.05, 0.1) is 36.9 Å². The van der Waals surface area contributed by atoms with Crippen molar-refractivity contribution in [2.45, 2.75) is 105 Å². The Morgan fingerprint density at radius 3 is 2.13 bits per heavy atom. The molecule has 0 aromatic heterocycles. The van der Waals surface area contributed by atoms with Crippen LogP contribution in [-0.4, -0.2) is 67.2 Å². The van der Waals surface area contributed by atoms with Crippen LogP contribution >= 0.6 is 0 Å². The standard InChI is InChI=1S/C36H57NO8/c1-8-9-13-30(32(39)37-18-11-10-12-19-37)27-14-16-29(17-15-27)45-33(40)28(22-25(2)3)23-36(6,35(42)43-7)24-31(26(4)5)34(41)44-21-20-38/h14-17,25-26,28,30-31,38H,8-13,18-24H2,1-7H3/t28-,30?,31-,36-/m1/s1. The maximum absolute atomic E-state index is 13.7. The van der Waals surface area contributed by atoms with Gasteiger partial charge in [0.25, 0.3) is 0 Å². The Bertz CT molecular complexity index is 1080. The lowest BCUT2D eigenvalue weighted by molar-refractivity contribution is -0.160. The van der Waals surface area contributed by atoms with E-state index in [9.17, 15) is 19.2 Å². The second-order valence-electron chi connectivity index (χ2n) is 13.6. The van der Waals surface area contributed by atoms with Gasteiger partial charge in [-0.2, -0.15) is 0 Å². The minimum absolute atomic E-state index is 0.121. The summed E-state index contributed by atoms with van der Waals surface area (Å²) in [6, 6.07) is 7.25. The molecule has 1 N–H and O–H groups in total. The predicted molar refractivity (Wildman–Crippen MR) is 173 cm³/mol. The lowest BCUT2D eigenvalue weighted by Gasteiger charge is -2.34. The molecule has 1 aromatic rings. The topological polar surface area (TPSA) is 119 Å².